The highest BCUT2D eigenvalue weighted by Crippen LogP contribution is 2.43. The second kappa shape index (κ2) is 2.48. The number of hydrogen-bond donors (Lipinski definition) is 2. The van der Waals surface area contributed by atoms with Crippen molar-refractivity contribution in [3.05, 3.63) is 28.6 Å². The first-order valence-electron chi connectivity index (χ1n) is 4.32. The van der Waals surface area contributed by atoms with E-state index in [1.807, 2.05) is 12.1 Å². The molecule has 0 saturated carbocycles. The maximum Gasteiger partial charge on any atom is 0.180 e. The van der Waals surface area contributed by atoms with Gasteiger partial charge in [0.1, 0.15) is 5.75 Å². The van der Waals surface area contributed by atoms with Crippen LogP contribution in [0.3, 0.4) is 0 Å². The number of aromatic nitrogens is 1. The molecular weight excluding hydrogens is 196 g/mol. The molecule has 0 fully saturated rings. The number of nitrogens with zero attached hydrogens (tertiary/aromatic N) is 1. The van der Waals surface area contributed by atoms with E-state index < -0.39 is 0 Å². The van der Waals surface area contributed by atoms with E-state index in [1.54, 1.807) is 6.07 Å². The highest BCUT2D eigenvalue weighted by molar-refractivity contribution is 7.15. The van der Waals surface area contributed by atoms with Crippen molar-refractivity contribution in [1.29, 1.82) is 0 Å². The highest BCUT2D eigenvalue weighted by atomic mass is 32.1. The average molecular weight is 204 g/mol. The molecule has 3 rings (SSSR count). The van der Waals surface area contributed by atoms with Crippen molar-refractivity contribution in [2.45, 2.75) is 6.42 Å². The van der Waals surface area contributed by atoms with Gasteiger partial charge < -0.3 is 10.8 Å². The molecule has 0 amide bonds. The Morgan fingerprint density at radius 1 is 1.43 bits per heavy atom. The number of aromatic hydroxyl groups is 1. The average Bonchev–Trinajstić information content (AvgIpc) is 2.63. The van der Waals surface area contributed by atoms with Crippen molar-refractivity contribution in [2.75, 3.05) is 5.73 Å². The number of benzene rings is 1. The molecule has 1 aromatic carbocycles. The van der Waals surface area contributed by atoms with Crippen molar-refractivity contribution in [3.8, 4) is 17.0 Å². The van der Waals surface area contributed by atoms with Gasteiger partial charge in [0, 0.05) is 22.4 Å². The fraction of sp³-hybridized carbons (Fsp3) is 0.100. The van der Waals surface area contributed by atoms with Crippen LogP contribution in [-0.4, -0.2) is 10.1 Å². The maximum atomic E-state index is 9.64. The van der Waals surface area contributed by atoms with Gasteiger partial charge in [0.2, 0.25) is 0 Å². The molecule has 0 unspecified atom stereocenters. The van der Waals surface area contributed by atoms with Gasteiger partial charge in [-0.05, 0) is 6.07 Å². The lowest BCUT2D eigenvalue weighted by Crippen LogP contribution is -1.84. The molecule has 0 bridgehead atoms. The fourth-order valence-electron chi connectivity index (χ4n) is 1.84. The van der Waals surface area contributed by atoms with Crippen molar-refractivity contribution in [2.24, 2.45) is 0 Å². The van der Waals surface area contributed by atoms with Gasteiger partial charge in [0.15, 0.2) is 5.13 Å². The summed E-state index contributed by atoms with van der Waals surface area (Å²) < 4.78 is 0. The number of nitrogen functional groups attached to an aromatic ring is 1. The van der Waals surface area contributed by atoms with Crippen molar-refractivity contribution < 1.29 is 5.11 Å². The lowest BCUT2D eigenvalue weighted by molar-refractivity contribution is 0.470. The second-order valence-electron chi connectivity index (χ2n) is 3.30. The molecule has 1 aromatic heterocycles. The Bertz CT molecular complexity index is 519. The molecule has 14 heavy (non-hydrogen) atoms. The first-order valence-corrected chi connectivity index (χ1v) is 5.14. The molecule has 0 atom stereocenters. The predicted molar refractivity (Wildman–Crippen MR) is 56.4 cm³/mol. The molecule has 0 spiro atoms. The Hall–Kier alpha value is -1.55. The van der Waals surface area contributed by atoms with Gasteiger partial charge in [-0.2, -0.15) is 0 Å². The molecule has 1 aliphatic rings. The van der Waals surface area contributed by atoms with Gasteiger partial charge in [-0.25, -0.2) is 4.98 Å². The van der Waals surface area contributed by atoms with Gasteiger partial charge in [0.05, 0.1) is 5.69 Å². The van der Waals surface area contributed by atoms with Crippen molar-refractivity contribution >= 4 is 16.5 Å². The summed E-state index contributed by atoms with van der Waals surface area (Å²) in [5.74, 6) is 0.353. The summed E-state index contributed by atoms with van der Waals surface area (Å²) in [6.45, 7) is 0. The fourth-order valence-corrected chi connectivity index (χ4v) is 2.70. The van der Waals surface area contributed by atoms with E-state index in [0.29, 0.717) is 10.9 Å². The molecule has 2 aromatic rings. The van der Waals surface area contributed by atoms with E-state index in [-0.39, 0.29) is 0 Å². The van der Waals surface area contributed by atoms with Gasteiger partial charge >= 0.3 is 0 Å². The van der Waals surface area contributed by atoms with Crippen molar-refractivity contribution in [3.63, 3.8) is 0 Å². The molecule has 70 valence electrons. The van der Waals surface area contributed by atoms with Gasteiger partial charge in [-0.1, -0.05) is 12.1 Å². The van der Waals surface area contributed by atoms with Crippen LogP contribution in [0, 0.1) is 0 Å². The molecule has 0 aliphatic heterocycles. The smallest absolute Gasteiger partial charge is 0.180 e. The highest BCUT2D eigenvalue weighted by Gasteiger charge is 2.24. The standard InChI is InChI=1S/C10H8N2OS/c11-10-12-9-5-2-1-3-7(13)6(5)4-8(9)14-10/h1-3,13H,4H2,(H2,11,12). The van der Waals surface area contributed by atoms with E-state index >= 15 is 0 Å². The third kappa shape index (κ3) is 0.886. The van der Waals surface area contributed by atoms with E-state index in [0.717, 1.165) is 28.1 Å². The largest absolute Gasteiger partial charge is 0.508 e. The lowest BCUT2D eigenvalue weighted by atomic mass is 10.1. The summed E-state index contributed by atoms with van der Waals surface area (Å²) in [7, 11) is 0. The molecule has 0 radical (unpaired) electrons. The molecule has 0 saturated heterocycles. The van der Waals surface area contributed by atoms with Crippen LogP contribution >= 0.6 is 11.3 Å². The third-order valence-corrected chi connectivity index (χ3v) is 3.34. The Kier molecular flexibility index (Phi) is 1.39. The Balaban J connectivity index is 2.30. The van der Waals surface area contributed by atoms with Crippen LogP contribution in [0.1, 0.15) is 10.4 Å². The van der Waals surface area contributed by atoms with E-state index in [9.17, 15) is 5.11 Å². The topological polar surface area (TPSA) is 59.1 Å². The number of anilines is 1. The zero-order valence-electron chi connectivity index (χ0n) is 7.32. The lowest BCUT2D eigenvalue weighted by Gasteiger charge is -2.00. The van der Waals surface area contributed by atoms with E-state index in [1.165, 1.54) is 11.3 Å². The molecule has 1 heterocycles. The summed E-state index contributed by atoms with van der Waals surface area (Å²) in [5.41, 5.74) is 8.57. The minimum Gasteiger partial charge on any atom is -0.508 e. The van der Waals surface area contributed by atoms with Crippen LogP contribution in [-0.2, 0) is 6.42 Å². The Morgan fingerprint density at radius 2 is 2.29 bits per heavy atom. The van der Waals surface area contributed by atoms with Crippen LogP contribution in [0.15, 0.2) is 18.2 Å². The SMILES string of the molecule is Nc1nc2c(s1)Cc1c(O)cccc1-2. The van der Waals surface area contributed by atoms with Gasteiger partial charge in [-0.15, -0.1) is 11.3 Å². The molecular formula is C10H8N2OS. The van der Waals surface area contributed by atoms with E-state index in [4.69, 9.17) is 5.73 Å². The van der Waals surface area contributed by atoms with Gasteiger partial charge in [-0.3, -0.25) is 0 Å². The van der Waals surface area contributed by atoms with Gasteiger partial charge in [0.25, 0.3) is 0 Å². The van der Waals surface area contributed by atoms with Crippen LogP contribution in [0.2, 0.25) is 0 Å². The second-order valence-corrected chi connectivity index (χ2v) is 4.42. The summed E-state index contributed by atoms with van der Waals surface area (Å²) >= 11 is 1.50. The number of hydrogen-bond acceptors (Lipinski definition) is 4. The summed E-state index contributed by atoms with van der Waals surface area (Å²) in [6, 6.07) is 5.51. The first-order chi connectivity index (χ1) is 6.75. The Morgan fingerprint density at radius 3 is 3.14 bits per heavy atom. The number of nitrogens with two attached hydrogens (primary N) is 1. The van der Waals surface area contributed by atoms with Crippen LogP contribution in [0.4, 0.5) is 5.13 Å². The van der Waals surface area contributed by atoms with Crippen LogP contribution in [0.5, 0.6) is 5.75 Å². The summed E-state index contributed by atoms with van der Waals surface area (Å²) in [5, 5.41) is 10.2. The quantitative estimate of drug-likeness (QED) is 0.588. The zero-order chi connectivity index (χ0) is 9.71. The number of fused-ring (bicyclic) bond motifs is 3. The van der Waals surface area contributed by atoms with E-state index in [2.05, 4.69) is 4.98 Å². The monoisotopic (exact) mass is 204 g/mol. The van der Waals surface area contributed by atoms with Crippen molar-refractivity contribution in [1.82, 2.24) is 4.98 Å². The predicted octanol–water partition coefficient (Wildman–Crippen LogP) is 2.00. The summed E-state index contributed by atoms with van der Waals surface area (Å²) in [6.07, 6.45) is 0.756. The van der Waals surface area contributed by atoms with Crippen LogP contribution < -0.4 is 5.73 Å². The molecule has 3 N–H and O–H groups in total. The molecule has 4 heteroatoms. The van der Waals surface area contributed by atoms with Crippen LogP contribution in [0.25, 0.3) is 11.3 Å². The molecule has 3 nitrogen and oxygen atoms in total. The first kappa shape index (κ1) is 7.82. The maximum absolute atomic E-state index is 9.64. The Labute approximate surface area is 84.8 Å². The minimum atomic E-state index is 0.353. The summed E-state index contributed by atoms with van der Waals surface area (Å²) in [4.78, 5) is 5.41. The minimum absolute atomic E-state index is 0.353. The zero-order valence-corrected chi connectivity index (χ0v) is 8.14. The third-order valence-electron chi connectivity index (χ3n) is 2.46. The molecule has 1 aliphatic carbocycles. The number of thiazole rings is 1. The number of phenolic OH excluding ortho intramolecular Hbond substituents is 1. The number of phenols is 1. The number of rotatable bonds is 0. The normalized spacial score (nSPS) is 12.6.